The Morgan fingerprint density at radius 1 is 1.44 bits per heavy atom. The minimum absolute atomic E-state index is 0. The molecule has 1 saturated heterocycles. The van der Waals surface area contributed by atoms with Crippen molar-refractivity contribution in [1.82, 2.24) is 15.4 Å². The maximum absolute atomic E-state index is 12.2. The molecular weight excluding hydrogens is 455 g/mol. The van der Waals surface area contributed by atoms with E-state index in [-0.39, 0.29) is 35.6 Å². The molecule has 1 unspecified atom stereocenters. The minimum atomic E-state index is -3.06. The fraction of sp³-hybridized carbons (Fsp3) is 0.750. The third kappa shape index (κ3) is 4.66. The molecule has 7 nitrogen and oxygen atoms in total. The number of hydrogen-bond donors (Lipinski definition) is 1. The van der Waals surface area contributed by atoms with E-state index in [1.165, 1.54) is 0 Å². The third-order valence-electron chi connectivity index (χ3n) is 4.70. The quantitative estimate of drug-likeness (QED) is 0.402. The highest BCUT2D eigenvalue weighted by atomic mass is 127. The normalized spacial score (nSPS) is 20.7. The fourth-order valence-electron chi connectivity index (χ4n) is 3.20. The van der Waals surface area contributed by atoms with Crippen molar-refractivity contribution in [3.63, 3.8) is 0 Å². The van der Waals surface area contributed by atoms with E-state index in [9.17, 15) is 8.42 Å². The largest absolute Gasteiger partial charge is 0.361 e. The van der Waals surface area contributed by atoms with E-state index in [2.05, 4.69) is 22.4 Å². The SMILES string of the molecule is CN=C(NCC(C)c1c(C)noc1C)N1CCS(=O)(=O)C(C)(C)C1.I. The molecule has 1 aromatic heterocycles. The molecule has 0 radical (unpaired) electrons. The molecule has 0 saturated carbocycles. The molecule has 25 heavy (non-hydrogen) atoms. The maximum atomic E-state index is 12.2. The lowest BCUT2D eigenvalue weighted by atomic mass is 10.00. The highest BCUT2D eigenvalue weighted by Gasteiger charge is 2.41. The molecule has 0 aliphatic carbocycles. The summed E-state index contributed by atoms with van der Waals surface area (Å²) in [4.78, 5) is 6.34. The molecular formula is C16H29IN4O3S. The van der Waals surface area contributed by atoms with E-state index in [4.69, 9.17) is 4.52 Å². The molecule has 0 amide bonds. The van der Waals surface area contributed by atoms with E-state index < -0.39 is 14.6 Å². The first-order valence-electron chi connectivity index (χ1n) is 8.19. The summed E-state index contributed by atoms with van der Waals surface area (Å²) in [5.74, 6) is 1.94. The lowest BCUT2D eigenvalue weighted by Crippen LogP contribution is -2.57. The first kappa shape index (κ1) is 22.2. The van der Waals surface area contributed by atoms with Crippen molar-refractivity contribution >= 4 is 39.8 Å². The zero-order chi connectivity index (χ0) is 18.1. The summed E-state index contributed by atoms with van der Waals surface area (Å²) < 4.78 is 28.8. The standard InChI is InChI=1S/C16H28N4O3S.HI/c1-11(14-12(2)19-23-13(14)3)9-18-15(17-6)20-7-8-24(21,22)16(4,5)10-20;/h11H,7-10H2,1-6H3,(H,17,18);1H. The number of halogens is 1. The van der Waals surface area contributed by atoms with Crippen LogP contribution in [0.25, 0.3) is 0 Å². The highest BCUT2D eigenvalue weighted by Crippen LogP contribution is 2.25. The number of aryl methyl sites for hydroxylation is 2. The van der Waals surface area contributed by atoms with Gasteiger partial charge in [0.1, 0.15) is 5.76 Å². The molecule has 1 aromatic rings. The van der Waals surface area contributed by atoms with E-state index in [0.29, 0.717) is 19.6 Å². The van der Waals surface area contributed by atoms with Gasteiger partial charge < -0.3 is 14.7 Å². The monoisotopic (exact) mass is 484 g/mol. The van der Waals surface area contributed by atoms with Gasteiger partial charge in [0.05, 0.1) is 16.2 Å². The summed E-state index contributed by atoms with van der Waals surface area (Å²) in [6, 6.07) is 0. The Hall–Kier alpha value is -0.840. The van der Waals surface area contributed by atoms with Crippen molar-refractivity contribution in [3.8, 4) is 0 Å². The van der Waals surface area contributed by atoms with Gasteiger partial charge in [-0.15, -0.1) is 24.0 Å². The highest BCUT2D eigenvalue weighted by molar-refractivity contribution is 14.0. The van der Waals surface area contributed by atoms with Crippen molar-refractivity contribution in [2.75, 3.05) is 32.4 Å². The third-order valence-corrected chi connectivity index (χ3v) is 7.24. The number of sulfone groups is 1. The van der Waals surface area contributed by atoms with E-state index >= 15 is 0 Å². The van der Waals surface area contributed by atoms with Crippen LogP contribution in [0.1, 0.15) is 43.7 Å². The molecule has 0 bridgehead atoms. The zero-order valence-electron chi connectivity index (χ0n) is 15.8. The van der Waals surface area contributed by atoms with Crippen molar-refractivity contribution in [3.05, 3.63) is 17.0 Å². The molecule has 0 spiro atoms. The molecule has 2 rings (SSSR count). The second-order valence-corrected chi connectivity index (χ2v) is 9.81. The molecule has 0 aromatic carbocycles. The van der Waals surface area contributed by atoms with Crippen molar-refractivity contribution in [1.29, 1.82) is 0 Å². The predicted octanol–water partition coefficient (Wildman–Crippen LogP) is 2.10. The second kappa shape index (κ2) is 8.24. The Labute approximate surface area is 167 Å². The van der Waals surface area contributed by atoms with Crippen LogP contribution >= 0.6 is 24.0 Å². The Morgan fingerprint density at radius 3 is 2.56 bits per heavy atom. The van der Waals surface area contributed by atoms with Crippen LogP contribution in [0.5, 0.6) is 0 Å². The smallest absolute Gasteiger partial charge is 0.193 e. The van der Waals surface area contributed by atoms with Gasteiger partial charge in [-0.2, -0.15) is 0 Å². The molecule has 9 heteroatoms. The average Bonchev–Trinajstić information content (AvgIpc) is 2.82. The second-order valence-electron chi connectivity index (χ2n) is 7.07. The van der Waals surface area contributed by atoms with Gasteiger partial charge in [0.25, 0.3) is 0 Å². The summed E-state index contributed by atoms with van der Waals surface area (Å²) in [6.07, 6.45) is 0. The maximum Gasteiger partial charge on any atom is 0.193 e. The van der Waals surface area contributed by atoms with Crippen LogP contribution in [0.3, 0.4) is 0 Å². The Bertz CT molecular complexity index is 708. The Kier molecular flexibility index (Phi) is 7.31. The van der Waals surface area contributed by atoms with Gasteiger partial charge in [0.15, 0.2) is 15.8 Å². The lowest BCUT2D eigenvalue weighted by molar-refractivity contribution is 0.352. The first-order valence-corrected chi connectivity index (χ1v) is 9.85. The number of rotatable bonds is 3. The van der Waals surface area contributed by atoms with Gasteiger partial charge in [-0.25, -0.2) is 8.42 Å². The summed E-state index contributed by atoms with van der Waals surface area (Å²) >= 11 is 0. The van der Waals surface area contributed by atoms with Crippen LogP contribution < -0.4 is 5.32 Å². The van der Waals surface area contributed by atoms with E-state index in [1.54, 1.807) is 20.9 Å². The fourth-order valence-corrected chi connectivity index (χ4v) is 4.56. The van der Waals surface area contributed by atoms with Gasteiger partial charge in [0.2, 0.25) is 0 Å². The topological polar surface area (TPSA) is 87.8 Å². The van der Waals surface area contributed by atoms with Crippen LogP contribution in [-0.4, -0.2) is 61.6 Å². The van der Waals surface area contributed by atoms with Crippen molar-refractivity contribution < 1.29 is 12.9 Å². The van der Waals surface area contributed by atoms with Crippen LogP contribution in [0, 0.1) is 13.8 Å². The first-order chi connectivity index (χ1) is 11.1. The molecule has 2 heterocycles. The van der Waals surface area contributed by atoms with Crippen molar-refractivity contribution in [2.24, 2.45) is 4.99 Å². The minimum Gasteiger partial charge on any atom is -0.361 e. The molecule has 1 aliphatic rings. The zero-order valence-corrected chi connectivity index (χ0v) is 18.9. The van der Waals surface area contributed by atoms with Gasteiger partial charge >= 0.3 is 0 Å². The van der Waals surface area contributed by atoms with Gasteiger partial charge in [-0.05, 0) is 27.7 Å². The van der Waals surface area contributed by atoms with Crippen LogP contribution in [0.15, 0.2) is 9.52 Å². The summed E-state index contributed by atoms with van der Waals surface area (Å²) in [5, 5.41) is 7.36. The predicted molar refractivity (Wildman–Crippen MR) is 111 cm³/mol. The van der Waals surface area contributed by atoms with E-state index in [1.807, 2.05) is 18.7 Å². The number of nitrogens with zero attached hydrogens (tertiary/aromatic N) is 3. The van der Waals surface area contributed by atoms with Crippen LogP contribution in [0.2, 0.25) is 0 Å². The number of guanidine groups is 1. The summed E-state index contributed by atoms with van der Waals surface area (Å²) in [5.41, 5.74) is 2.02. The van der Waals surface area contributed by atoms with Crippen LogP contribution in [-0.2, 0) is 9.84 Å². The number of hydrogen-bond acceptors (Lipinski definition) is 5. The summed E-state index contributed by atoms with van der Waals surface area (Å²) in [6.45, 7) is 11.1. The number of nitrogens with one attached hydrogen (secondary N) is 1. The molecule has 1 atom stereocenters. The molecule has 1 aliphatic heterocycles. The van der Waals surface area contributed by atoms with Crippen molar-refractivity contribution in [2.45, 2.75) is 45.3 Å². The Balaban J connectivity index is 0.00000312. The molecule has 144 valence electrons. The van der Waals surface area contributed by atoms with Crippen LogP contribution in [0.4, 0.5) is 0 Å². The summed E-state index contributed by atoms with van der Waals surface area (Å²) in [7, 11) is -1.34. The van der Waals surface area contributed by atoms with E-state index in [0.717, 1.165) is 23.0 Å². The number of aliphatic imine (C=N–C) groups is 1. The van der Waals surface area contributed by atoms with Gasteiger partial charge in [-0.3, -0.25) is 4.99 Å². The van der Waals surface area contributed by atoms with Gasteiger partial charge in [0, 0.05) is 38.2 Å². The number of aromatic nitrogens is 1. The average molecular weight is 484 g/mol. The lowest BCUT2D eigenvalue weighted by Gasteiger charge is -2.39. The molecule has 1 N–H and O–H groups in total. The van der Waals surface area contributed by atoms with Gasteiger partial charge in [-0.1, -0.05) is 12.1 Å². The Morgan fingerprint density at radius 2 is 2.08 bits per heavy atom. The molecule has 1 fully saturated rings.